The molecule has 0 saturated heterocycles. The highest BCUT2D eigenvalue weighted by Crippen LogP contribution is 2.37. The highest BCUT2D eigenvalue weighted by Gasteiger charge is 2.18. The molecule has 1 aromatic carbocycles. The molecule has 0 spiro atoms. The van der Waals surface area contributed by atoms with Crippen molar-refractivity contribution < 1.29 is 4.42 Å². The Bertz CT molecular complexity index is 1350. The number of pyridine rings is 2. The van der Waals surface area contributed by atoms with Crippen molar-refractivity contribution in [3.8, 4) is 22.7 Å². The SMILES string of the molecule is Cc1cc(-c2[nH]c3ccc(-c4nnc(Cc5cccnc5)o4)cc3c2C(C)C)ccn1. The zero-order chi connectivity index (χ0) is 21.4. The first-order valence-corrected chi connectivity index (χ1v) is 10.4. The number of hydrogen-bond acceptors (Lipinski definition) is 5. The summed E-state index contributed by atoms with van der Waals surface area (Å²) < 4.78 is 5.96. The maximum absolute atomic E-state index is 5.96. The number of rotatable bonds is 5. The molecule has 6 nitrogen and oxygen atoms in total. The molecule has 0 fully saturated rings. The molecule has 1 N–H and O–H groups in total. The number of fused-ring (bicyclic) bond motifs is 1. The van der Waals surface area contributed by atoms with Gasteiger partial charge < -0.3 is 9.40 Å². The molecule has 0 atom stereocenters. The predicted molar refractivity (Wildman–Crippen MR) is 121 cm³/mol. The van der Waals surface area contributed by atoms with Crippen LogP contribution in [0.5, 0.6) is 0 Å². The Hall–Kier alpha value is -3.80. The normalized spacial score (nSPS) is 11.5. The Morgan fingerprint density at radius 2 is 1.90 bits per heavy atom. The second-order valence-corrected chi connectivity index (χ2v) is 8.05. The monoisotopic (exact) mass is 409 g/mol. The highest BCUT2D eigenvalue weighted by atomic mass is 16.4. The number of nitrogens with zero attached hydrogens (tertiary/aromatic N) is 4. The number of aromatic nitrogens is 5. The van der Waals surface area contributed by atoms with Crippen LogP contribution in [-0.2, 0) is 6.42 Å². The molecule has 0 aliphatic heterocycles. The molecule has 0 aliphatic rings. The van der Waals surface area contributed by atoms with Crippen LogP contribution in [-0.4, -0.2) is 25.1 Å². The first-order chi connectivity index (χ1) is 15.1. The second-order valence-electron chi connectivity index (χ2n) is 8.05. The van der Waals surface area contributed by atoms with Gasteiger partial charge in [-0.15, -0.1) is 10.2 Å². The van der Waals surface area contributed by atoms with Gasteiger partial charge in [0, 0.05) is 46.3 Å². The molecule has 0 aliphatic carbocycles. The van der Waals surface area contributed by atoms with Crippen molar-refractivity contribution in [2.75, 3.05) is 0 Å². The number of benzene rings is 1. The van der Waals surface area contributed by atoms with Crippen LogP contribution in [0.15, 0.2) is 65.5 Å². The first kappa shape index (κ1) is 19.2. The molecule has 154 valence electrons. The van der Waals surface area contributed by atoms with Crippen molar-refractivity contribution in [3.63, 3.8) is 0 Å². The van der Waals surface area contributed by atoms with Crippen LogP contribution < -0.4 is 0 Å². The number of nitrogens with one attached hydrogen (secondary N) is 1. The maximum atomic E-state index is 5.96. The maximum Gasteiger partial charge on any atom is 0.247 e. The zero-order valence-electron chi connectivity index (χ0n) is 17.8. The lowest BCUT2D eigenvalue weighted by Crippen LogP contribution is -1.91. The van der Waals surface area contributed by atoms with Crippen molar-refractivity contribution in [2.24, 2.45) is 0 Å². The minimum atomic E-state index is 0.344. The lowest BCUT2D eigenvalue weighted by Gasteiger charge is -2.09. The van der Waals surface area contributed by atoms with Crippen LogP contribution in [0.3, 0.4) is 0 Å². The van der Waals surface area contributed by atoms with Crippen molar-refractivity contribution in [3.05, 3.63) is 83.8 Å². The molecule has 31 heavy (non-hydrogen) atoms. The van der Waals surface area contributed by atoms with Crippen LogP contribution in [0.4, 0.5) is 0 Å². The zero-order valence-corrected chi connectivity index (χ0v) is 17.8. The molecule has 4 heterocycles. The van der Waals surface area contributed by atoms with Crippen LogP contribution >= 0.6 is 0 Å². The third-order valence-corrected chi connectivity index (χ3v) is 5.39. The highest BCUT2D eigenvalue weighted by molar-refractivity contribution is 5.93. The van der Waals surface area contributed by atoms with Gasteiger partial charge in [-0.05, 0) is 60.4 Å². The Balaban J connectivity index is 1.55. The van der Waals surface area contributed by atoms with E-state index in [1.807, 2.05) is 43.6 Å². The Labute approximate surface area is 180 Å². The average Bonchev–Trinajstić information content (AvgIpc) is 3.38. The lowest BCUT2D eigenvalue weighted by atomic mass is 9.95. The molecule has 5 rings (SSSR count). The topological polar surface area (TPSA) is 80.5 Å². The van der Waals surface area contributed by atoms with E-state index in [0.29, 0.717) is 24.1 Å². The lowest BCUT2D eigenvalue weighted by molar-refractivity contribution is 0.518. The summed E-state index contributed by atoms with van der Waals surface area (Å²) >= 11 is 0. The van der Waals surface area contributed by atoms with E-state index in [1.54, 1.807) is 6.20 Å². The fraction of sp³-hybridized carbons (Fsp3) is 0.200. The van der Waals surface area contributed by atoms with Gasteiger partial charge in [-0.25, -0.2) is 0 Å². The van der Waals surface area contributed by atoms with Crippen LogP contribution in [0.25, 0.3) is 33.6 Å². The van der Waals surface area contributed by atoms with Gasteiger partial charge in [0.1, 0.15) is 0 Å². The fourth-order valence-electron chi connectivity index (χ4n) is 3.99. The first-order valence-electron chi connectivity index (χ1n) is 10.4. The summed E-state index contributed by atoms with van der Waals surface area (Å²) in [7, 11) is 0. The van der Waals surface area contributed by atoms with E-state index in [-0.39, 0.29) is 0 Å². The molecular formula is C25H23N5O. The number of aromatic amines is 1. The van der Waals surface area contributed by atoms with E-state index in [4.69, 9.17) is 4.42 Å². The van der Waals surface area contributed by atoms with Crippen LogP contribution in [0.2, 0.25) is 0 Å². The van der Waals surface area contributed by atoms with Gasteiger partial charge in [0.15, 0.2) is 0 Å². The number of H-pyrrole nitrogens is 1. The molecular weight excluding hydrogens is 386 g/mol. The summed E-state index contributed by atoms with van der Waals surface area (Å²) in [5, 5.41) is 9.68. The third kappa shape index (κ3) is 3.72. The molecule has 0 radical (unpaired) electrons. The van der Waals surface area contributed by atoms with E-state index < -0.39 is 0 Å². The van der Waals surface area contributed by atoms with E-state index in [1.165, 1.54) is 10.9 Å². The largest absolute Gasteiger partial charge is 0.420 e. The van der Waals surface area contributed by atoms with Crippen LogP contribution in [0, 0.1) is 6.92 Å². The summed E-state index contributed by atoms with van der Waals surface area (Å²) in [5.74, 6) is 1.45. The van der Waals surface area contributed by atoms with Gasteiger partial charge in [0.05, 0.1) is 12.1 Å². The quantitative estimate of drug-likeness (QED) is 0.403. The smallest absolute Gasteiger partial charge is 0.247 e. The van der Waals surface area contributed by atoms with Gasteiger partial charge in [-0.1, -0.05) is 19.9 Å². The molecule has 0 unspecified atom stereocenters. The average molecular weight is 409 g/mol. The summed E-state index contributed by atoms with van der Waals surface area (Å²) in [5.41, 5.74) is 7.60. The Kier molecular flexibility index (Phi) is 4.82. The number of hydrogen-bond donors (Lipinski definition) is 1. The summed E-state index contributed by atoms with van der Waals surface area (Å²) in [6.45, 7) is 6.44. The fourth-order valence-corrected chi connectivity index (χ4v) is 3.99. The minimum absolute atomic E-state index is 0.344. The standard InChI is InChI=1S/C25H23N5O/c1-15(2)23-20-13-19(25-30-29-22(31-25)12-17-5-4-9-26-14-17)6-7-21(20)28-24(23)18-8-10-27-16(3)11-18/h4-11,13-15,28H,12H2,1-3H3. The van der Waals surface area contributed by atoms with Crippen molar-refractivity contribution >= 4 is 10.9 Å². The van der Waals surface area contributed by atoms with Crippen molar-refractivity contribution in [1.29, 1.82) is 0 Å². The van der Waals surface area contributed by atoms with E-state index in [9.17, 15) is 0 Å². The molecule has 5 aromatic rings. The molecule has 0 saturated carbocycles. The van der Waals surface area contributed by atoms with E-state index >= 15 is 0 Å². The molecule has 0 bridgehead atoms. The van der Waals surface area contributed by atoms with Crippen molar-refractivity contribution in [1.82, 2.24) is 25.1 Å². The molecule has 4 aromatic heterocycles. The second kappa shape index (κ2) is 7.80. The Morgan fingerprint density at radius 1 is 1.00 bits per heavy atom. The van der Waals surface area contributed by atoms with Crippen LogP contribution in [0.1, 0.15) is 42.5 Å². The summed E-state index contributed by atoms with van der Waals surface area (Å²) in [6.07, 6.45) is 5.99. The Morgan fingerprint density at radius 3 is 2.68 bits per heavy atom. The third-order valence-electron chi connectivity index (χ3n) is 5.39. The van der Waals surface area contributed by atoms with Gasteiger partial charge in [-0.3, -0.25) is 9.97 Å². The van der Waals surface area contributed by atoms with E-state index in [2.05, 4.69) is 57.2 Å². The van der Waals surface area contributed by atoms with Gasteiger partial charge in [0.2, 0.25) is 11.8 Å². The number of aryl methyl sites for hydroxylation is 1. The summed E-state index contributed by atoms with van der Waals surface area (Å²) in [6, 6.07) is 14.3. The van der Waals surface area contributed by atoms with Gasteiger partial charge >= 0.3 is 0 Å². The molecule has 6 heteroatoms. The van der Waals surface area contributed by atoms with Gasteiger partial charge in [-0.2, -0.15) is 0 Å². The van der Waals surface area contributed by atoms with E-state index in [0.717, 1.165) is 33.6 Å². The minimum Gasteiger partial charge on any atom is -0.420 e. The predicted octanol–water partition coefficient (Wildman–Crippen LogP) is 5.70. The summed E-state index contributed by atoms with van der Waals surface area (Å²) in [4.78, 5) is 12.1. The van der Waals surface area contributed by atoms with Gasteiger partial charge in [0.25, 0.3) is 0 Å². The van der Waals surface area contributed by atoms with Crippen molar-refractivity contribution in [2.45, 2.75) is 33.1 Å². The molecule has 0 amide bonds.